The zero-order chi connectivity index (χ0) is 27.0. The third-order valence-corrected chi connectivity index (χ3v) is 7.10. The Labute approximate surface area is 225 Å². The highest BCUT2D eigenvalue weighted by atomic mass is 35.5. The van der Waals surface area contributed by atoms with Crippen LogP contribution in [0.25, 0.3) is 11.1 Å². The van der Waals surface area contributed by atoms with E-state index in [1.54, 1.807) is 30.3 Å². The summed E-state index contributed by atoms with van der Waals surface area (Å²) in [5, 5.41) is 11.7. The Hall–Kier alpha value is -3.56. The predicted molar refractivity (Wildman–Crippen MR) is 136 cm³/mol. The number of nitrogens with zero attached hydrogens (tertiary/aromatic N) is 2. The van der Waals surface area contributed by atoms with Crippen molar-refractivity contribution in [1.29, 1.82) is 5.41 Å². The molecule has 1 aliphatic carbocycles. The van der Waals surface area contributed by atoms with Crippen LogP contribution in [-0.2, 0) is 12.7 Å². The molecule has 6 nitrogen and oxygen atoms in total. The summed E-state index contributed by atoms with van der Waals surface area (Å²) in [7, 11) is 0. The van der Waals surface area contributed by atoms with Crippen LogP contribution in [0.4, 0.5) is 13.2 Å². The smallest absolute Gasteiger partial charge is 0.432 e. The number of carbonyl (C=O) groups excluding carboxylic acids is 1. The number of oxazole rings is 1. The van der Waals surface area contributed by atoms with E-state index >= 15 is 0 Å². The van der Waals surface area contributed by atoms with Crippen molar-refractivity contribution in [3.05, 3.63) is 105 Å². The summed E-state index contributed by atoms with van der Waals surface area (Å²) in [5.74, 6) is -0.238. The Morgan fingerprint density at radius 2 is 1.95 bits per heavy atom. The van der Waals surface area contributed by atoms with Gasteiger partial charge < -0.3 is 9.73 Å². The van der Waals surface area contributed by atoms with Crippen LogP contribution in [0, 0.1) is 11.3 Å². The predicted octanol–water partition coefficient (Wildman–Crippen LogP) is 6.88. The summed E-state index contributed by atoms with van der Waals surface area (Å²) in [6.45, 7) is 0.115. The molecule has 2 aromatic heterocycles. The fourth-order valence-corrected chi connectivity index (χ4v) is 4.70. The lowest BCUT2D eigenvalue weighted by molar-refractivity contribution is -0.140. The van der Waals surface area contributed by atoms with Crippen molar-refractivity contribution < 1.29 is 22.4 Å². The Morgan fingerprint density at radius 3 is 2.61 bits per heavy atom. The number of benzene rings is 2. The van der Waals surface area contributed by atoms with Crippen LogP contribution < -0.4 is 11.0 Å². The van der Waals surface area contributed by atoms with Gasteiger partial charge >= 0.3 is 6.18 Å². The Kier molecular flexibility index (Phi) is 7.07. The number of aromatic nitrogens is 2. The van der Waals surface area contributed by atoms with Crippen LogP contribution in [0.2, 0.25) is 10.0 Å². The average Bonchev–Trinajstić information content (AvgIpc) is 3.65. The minimum absolute atomic E-state index is 0.115. The largest absolute Gasteiger partial charge is 0.433 e. The molecular weight excluding hydrogens is 540 g/mol. The molecule has 1 atom stereocenters. The first-order valence-corrected chi connectivity index (χ1v) is 12.5. The molecule has 38 heavy (non-hydrogen) atoms. The van der Waals surface area contributed by atoms with Crippen LogP contribution in [0.5, 0.6) is 0 Å². The highest BCUT2D eigenvalue weighted by molar-refractivity contribution is 6.42. The first kappa shape index (κ1) is 26.1. The van der Waals surface area contributed by atoms with E-state index in [0.29, 0.717) is 15.6 Å². The molecule has 2 heterocycles. The second-order valence-corrected chi connectivity index (χ2v) is 9.93. The number of carbonyl (C=O) groups is 1. The minimum atomic E-state index is -4.69. The van der Waals surface area contributed by atoms with Crippen molar-refractivity contribution in [2.24, 2.45) is 5.92 Å². The number of halogens is 5. The molecule has 0 saturated heterocycles. The molecule has 2 N–H and O–H groups in total. The monoisotopic (exact) mass is 560 g/mol. The summed E-state index contributed by atoms with van der Waals surface area (Å²) in [6.07, 6.45) is 1.10. The van der Waals surface area contributed by atoms with Gasteiger partial charge in [-0.1, -0.05) is 35.3 Å². The fourth-order valence-electron chi connectivity index (χ4n) is 4.39. The third-order valence-electron chi connectivity index (χ3n) is 6.36. The van der Waals surface area contributed by atoms with Gasteiger partial charge in [0.15, 0.2) is 5.69 Å². The molecule has 0 spiro atoms. The van der Waals surface area contributed by atoms with E-state index in [0.717, 1.165) is 24.6 Å². The van der Waals surface area contributed by atoms with Gasteiger partial charge in [0, 0.05) is 23.5 Å². The van der Waals surface area contributed by atoms with E-state index in [1.807, 2.05) is 0 Å². The summed E-state index contributed by atoms with van der Waals surface area (Å²) >= 11 is 12.3. The number of amides is 1. The number of alkyl halides is 3. The van der Waals surface area contributed by atoms with Gasteiger partial charge in [0.05, 0.1) is 22.6 Å². The van der Waals surface area contributed by atoms with Gasteiger partial charge in [-0.05, 0) is 71.8 Å². The van der Waals surface area contributed by atoms with Gasteiger partial charge in [0.2, 0.25) is 0 Å². The summed E-state index contributed by atoms with van der Waals surface area (Å²) in [6, 6.07) is 12.2. The van der Waals surface area contributed by atoms with Crippen molar-refractivity contribution in [2.75, 3.05) is 0 Å². The lowest BCUT2D eigenvalue weighted by Crippen LogP contribution is -2.30. The van der Waals surface area contributed by atoms with Crippen molar-refractivity contribution in [3.8, 4) is 11.1 Å². The topological polar surface area (TPSA) is 83.9 Å². The zero-order valence-electron chi connectivity index (χ0n) is 19.7. The molecule has 1 unspecified atom stereocenters. The Bertz CT molecular complexity index is 1560. The van der Waals surface area contributed by atoms with Crippen molar-refractivity contribution in [2.45, 2.75) is 31.6 Å². The minimum Gasteiger partial charge on any atom is -0.432 e. The molecule has 1 saturated carbocycles. The standard InChI is InChI=1S/C27H21Cl2F3N4O2/c28-21-6-5-17(13-22(21)29)23(16-3-4-16)35-25(37)19-11-15(14-36-8-9-38-26(36)33)10-18(12-19)20-2-1-7-34-24(20)27(30,31)32/h1-2,5-13,16,23,33H,3-4,14H2,(H,35,37). The van der Waals surface area contributed by atoms with Crippen LogP contribution >= 0.6 is 23.2 Å². The fraction of sp³-hybridized carbons (Fsp3) is 0.222. The van der Waals surface area contributed by atoms with Crippen molar-refractivity contribution >= 4 is 29.1 Å². The molecule has 0 radical (unpaired) electrons. The molecular formula is C27H21Cl2F3N4O2. The van der Waals surface area contributed by atoms with E-state index in [9.17, 15) is 18.0 Å². The Balaban J connectivity index is 1.55. The number of hydrogen-bond donors (Lipinski definition) is 2. The van der Waals surface area contributed by atoms with Crippen LogP contribution in [-0.4, -0.2) is 15.5 Å². The Morgan fingerprint density at radius 1 is 1.16 bits per heavy atom. The molecule has 1 amide bonds. The molecule has 1 aliphatic rings. The summed E-state index contributed by atoms with van der Waals surface area (Å²) < 4.78 is 47.8. The second kappa shape index (κ2) is 10.3. The lowest BCUT2D eigenvalue weighted by atomic mass is 9.97. The van der Waals surface area contributed by atoms with Gasteiger partial charge in [0.25, 0.3) is 11.6 Å². The van der Waals surface area contributed by atoms with E-state index in [4.69, 9.17) is 33.0 Å². The lowest BCUT2D eigenvalue weighted by Gasteiger charge is -2.20. The van der Waals surface area contributed by atoms with E-state index in [1.165, 1.54) is 35.2 Å². The molecule has 0 bridgehead atoms. The van der Waals surface area contributed by atoms with Crippen LogP contribution in [0.15, 0.2) is 71.6 Å². The molecule has 1 fully saturated rings. The van der Waals surface area contributed by atoms with Crippen molar-refractivity contribution in [3.63, 3.8) is 0 Å². The maximum atomic E-state index is 13.8. The first-order valence-electron chi connectivity index (χ1n) is 11.7. The molecule has 0 aliphatic heterocycles. The van der Waals surface area contributed by atoms with Gasteiger partial charge in [-0.25, -0.2) is 0 Å². The quantitative estimate of drug-likeness (QED) is 0.258. The maximum Gasteiger partial charge on any atom is 0.433 e. The molecule has 2 aromatic carbocycles. The molecule has 11 heteroatoms. The van der Waals surface area contributed by atoms with Gasteiger partial charge in [-0.3, -0.25) is 19.8 Å². The number of nitrogens with one attached hydrogen (secondary N) is 2. The molecule has 196 valence electrons. The van der Waals surface area contributed by atoms with E-state index < -0.39 is 17.8 Å². The highest BCUT2D eigenvalue weighted by Gasteiger charge is 2.36. The average molecular weight is 561 g/mol. The van der Waals surface area contributed by atoms with Gasteiger partial charge in [-0.15, -0.1) is 0 Å². The molecule has 5 rings (SSSR count). The SMILES string of the molecule is N=c1occn1Cc1cc(C(=O)NC(c2ccc(Cl)c(Cl)c2)C2CC2)cc(-c2cccnc2C(F)(F)F)c1. The maximum absolute atomic E-state index is 13.8. The van der Waals surface area contributed by atoms with Crippen molar-refractivity contribution in [1.82, 2.24) is 14.9 Å². The van der Waals surface area contributed by atoms with E-state index in [-0.39, 0.29) is 40.9 Å². The van der Waals surface area contributed by atoms with Crippen LogP contribution in [0.3, 0.4) is 0 Å². The number of hydrogen-bond acceptors (Lipinski definition) is 4. The van der Waals surface area contributed by atoms with Gasteiger partial charge in [-0.2, -0.15) is 13.2 Å². The number of pyridine rings is 1. The summed E-state index contributed by atoms with van der Waals surface area (Å²) in [5.41, 5.74) is 0.340. The molecule has 4 aromatic rings. The van der Waals surface area contributed by atoms with Gasteiger partial charge in [0.1, 0.15) is 6.26 Å². The van der Waals surface area contributed by atoms with E-state index in [2.05, 4.69) is 10.3 Å². The first-order chi connectivity index (χ1) is 18.1. The van der Waals surface area contributed by atoms with Crippen LogP contribution in [0.1, 0.15) is 46.1 Å². The number of rotatable bonds is 7. The highest BCUT2D eigenvalue weighted by Crippen LogP contribution is 2.42. The zero-order valence-corrected chi connectivity index (χ0v) is 21.2. The second-order valence-electron chi connectivity index (χ2n) is 9.11. The summed E-state index contributed by atoms with van der Waals surface area (Å²) in [4.78, 5) is 17.1. The normalized spacial score (nSPS) is 14.3. The third kappa shape index (κ3) is 5.63.